The monoisotopic (exact) mass is 372 g/mol. The Morgan fingerprint density at radius 3 is 2.63 bits per heavy atom. The molecule has 0 unspecified atom stereocenters. The van der Waals surface area contributed by atoms with E-state index in [1.807, 2.05) is 12.1 Å². The lowest BCUT2D eigenvalue weighted by Gasteiger charge is -2.29. The van der Waals surface area contributed by atoms with Gasteiger partial charge < -0.3 is 25.7 Å². The van der Waals surface area contributed by atoms with Crippen LogP contribution in [0.2, 0.25) is 0 Å². The molecule has 0 bridgehead atoms. The molecular formula is C20H28N4O3. The fraction of sp³-hybridized carbons (Fsp3) is 0.500. The van der Waals surface area contributed by atoms with Crippen LogP contribution < -0.4 is 21.9 Å². The average Bonchev–Trinajstić information content (AvgIpc) is 2.66. The maximum absolute atomic E-state index is 12.6. The Morgan fingerprint density at radius 2 is 1.96 bits per heavy atom. The number of aryl methyl sites for hydroxylation is 1. The van der Waals surface area contributed by atoms with Gasteiger partial charge >= 0.3 is 0 Å². The van der Waals surface area contributed by atoms with Gasteiger partial charge in [0.05, 0.1) is 11.6 Å². The van der Waals surface area contributed by atoms with Gasteiger partial charge in [0.15, 0.2) is 0 Å². The van der Waals surface area contributed by atoms with Crippen LogP contribution in [0.1, 0.15) is 32.6 Å². The molecule has 4 N–H and O–H groups in total. The predicted octanol–water partition coefficient (Wildman–Crippen LogP) is 1.99. The highest BCUT2D eigenvalue weighted by atomic mass is 16.5. The van der Waals surface area contributed by atoms with Gasteiger partial charge in [-0.2, -0.15) is 0 Å². The van der Waals surface area contributed by atoms with Crippen molar-refractivity contribution in [3.63, 3.8) is 0 Å². The number of rotatable bonds is 5. The summed E-state index contributed by atoms with van der Waals surface area (Å²) in [4.78, 5) is 24.9. The number of carbonyl (C=O) groups is 1. The predicted molar refractivity (Wildman–Crippen MR) is 108 cm³/mol. The van der Waals surface area contributed by atoms with Gasteiger partial charge in [-0.1, -0.05) is 0 Å². The maximum Gasteiger partial charge on any atom is 0.252 e. The van der Waals surface area contributed by atoms with Crippen LogP contribution in [0.3, 0.4) is 0 Å². The molecule has 7 nitrogen and oxygen atoms in total. The third kappa shape index (κ3) is 4.24. The highest BCUT2D eigenvalue weighted by molar-refractivity contribution is 5.95. The fourth-order valence-electron chi connectivity index (χ4n) is 3.67. The molecule has 1 amide bonds. The van der Waals surface area contributed by atoms with Gasteiger partial charge in [0, 0.05) is 43.0 Å². The van der Waals surface area contributed by atoms with Crippen LogP contribution in [0.5, 0.6) is 0 Å². The number of aromatic nitrogens is 1. The maximum atomic E-state index is 12.6. The smallest absolute Gasteiger partial charge is 0.252 e. The van der Waals surface area contributed by atoms with Gasteiger partial charge in [0.25, 0.3) is 5.56 Å². The van der Waals surface area contributed by atoms with Crippen LogP contribution in [-0.4, -0.2) is 35.8 Å². The second-order valence-corrected chi connectivity index (χ2v) is 7.32. The molecule has 1 saturated carbocycles. The lowest BCUT2D eigenvalue weighted by atomic mass is 9.93. The van der Waals surface area contributed by atoms with Crippen LogP contribution in [-0.2, 0) is 16.6 Å². The average molecular weight is 372 g/mol. The molecule has 146 valence electrons. The van der Waals surface area contributed by atoms with E-state index in [1.54, 1.807) is 31.7 Å². The number of anilines is 2. The highest BCUT2D eigenvalue weighted by Crippen LogP contribution is 2.25. The minimum Gasteiger partial charge on any atom is -0.399 e. The number of nitrogens with zero attached hydrogens (tertiary/aromatic N) is 1. The van der Waals surface area contributed by atoms with E-state index >= 15 is 0 Å². The Hall–Kier alpha value is -2.54. The summed E-state index contributed by atoms with van der Waals surface area (Å²) < 4.78 is 6.94. The summed E-state index contributed by atoms with van der Waals surface area (Å²) in [7, 11) is 3.45. The molecule has 1 heterocycles. The molecule has 0 aliphatic heterocycles. The molecule has 0 radical (unpaired) electrons. The van der Waals surface area contributed by atoms with Gasteiger partial charge in [-0.15, -0.1) is 0 Å². The first-order valence-corrected chi connectivity index (χ1v) is 9.38. The van der Waals surface area contributed by atoms with Gasteiger partial charge in [0.2, 0.25) is 5.91 Å². The van der Waals surface area contributed by atoms with Crippen molar-refractivity contribution in [2.24, 2.45) is 7.05 Å². The molecule has 0 spiro atoms. The molecular weight excluding hydrogens is 344 g/mol. The first-order chi connectivity index (χ1) is 12.9. The second kappa shape index (κ2) is 8.00. The van der Waals surface area contributed by atoms with Crippen molar-refractivity contribution in [2.45, 2.75) is 50.8 Å². The van der Waals surface area contributed by atoms with Gasteiger partial charge in [-0.05, 0) is 50.8 Å². The Labute approximate surface area is 158 Å². The number of nitrogens with one attached hydrogen (secondary N) is 2. The second-order valence-electron chi connectivity index (χ2n) is 7.32. The van der Waals surface area contributed by atoms with E-state index in [2.05, 4.69) is 10.6 Å². The van der Waals surface area contributed by atoms with E-state index in [4.69, 9.17) is 10.5 Å². The Kier molecular flexibility index (Phi) is 5.70. The van der Waals surface area contributed by atoms with E-state index in [0.717, 1.165) is 36.6 Å². The van der Waals surface area contributed by atoms with Crippen LogP contribution >= 0.6 is 0 Å². The number of pyridine rings is 1. The zero-order chi connectivity index (χ0) is 19.6. The minimum absolute atomic E-state index is 0.0754. The van der Waals surface area contributed by atoms with E-state index in [-0.39, 0.29) is 17.5 Å². The van der Waals surface area contributed by atoms with Crippen LogP contribution in [0.15, 0.2) is 29.1 Å². The molecule has 2 aromatic rings. The number of benzene rings is 1. The van der Waals surface area contributed by atoms with Crippen molar-refractivity contribution in [2.75, 3.05) is 18.2 Å². The number of amides is 1. The zero-order valence-corrected chi connectivity index (χ0v) is 16.1. The minimum atomic E-state index is -0.470. The lowest BCUT2D eigenvalue weighted by Crippen LogP contribution is -2.45. The summed E-state index contributed by atoms with van der Waals surface area (Å²) in [6.45, 7) is 1.80. The van der Waals surface area contributed by atoms with Gasteiger partial charge in [-0.25, -0.2) is 0 Å². The lowest BCUT2D eigenvalue weighted by molar-refractivity contribution is -0.122. The highest BCUT2D eigenvalue weighted by Gasteiger charge is 2.24. The molecule has 0 saturated heterocycles. The van der Waals surface area contributed by atoms with E-state index in [9.17, 15) is 9.59 Å². The number of fused-ring (bicyclic) bond motifs is 1. The fourth-order valence-corrected chi connectivity index (χ4v) is 3.67. The molecule has 1 aromatic carbocycles. The van der Waals surface area contributed by atoms with Crippen molar-refractivity contribution in [1.29, 1.82) is 0 Å². The molecule has 1 aliphatic carbocycles. The Morgan fingerprint density at radius 1 is 1.26 bits per heavy atom. The Bertz CT molecular complexity index is 885. The molecule has 3 rings (SSSR count). The van der Waals surface area contributed by atoms with Crippen LogP contribution in [0.25, 0.3) is 10.9 Å². The zero-order valence-electron chi connectivity index (χ0n) is 16.1. The van der Waals surface area contributed by atoms with Gasteiger partial charge in [-0.3, -0.25) is 9.59 Å². The Balaban J connectivity index is 1.73. The summed E-state index contributed by atoms with van der Waals surface area (Å²) in [5.74, 6) is -0.0754. The molecule has 1 aliphatic rings. The third-order valence-corrected chi connectivity index (χ3v) is 5.39. The summed E-state index contributed by atoms with van der Waals surface area (Å²) in [5, 5.41) is 7.10. The van der Waals surface area contributed by atoms with Gasteiger partial charge in [0.1, 0.15) is 6.04 Å². The van der Waals surface area contributed by atoms with Crippen LogP contribution in [0, 0.1) is 0 Å². The number of hydrogen-bond acceptors (Lipinski definition) is 5. The largest absolute Gasteiger partial charge is 0.399 e. The summed E-state index contributed by atoms with van der Waals surface area (Å²) in [6.07, 6.45) is 4.06. The molecule has 27 heavy (non-hydrogen) atoms. The molecule has 1 atom stereocenters. The quantitative estimate of drug-likeness (QED) is 0.697. The molecule has 7 heteroatoms. The van der Waals surface area contributed by atoms with Crippen LogP contribution in [0.4, 0.5) is 11.4 Å². The number of ether oxygens (including phenoxy) is 1. The van der Waals surface area contributed by atoms with E-state index < -0.39 is 6.04 Å². The van der Waals surface area contributed by atoms with E-state index in [1.165, 1.54) is 6.07 Å². The molecule has 1 aromatic heterocycles. The third-order valence-electron chi connectivity index (χ3n) is 5.39. The number of methoxy groups -OCH3 is 1. The topological polar surface area (TPSA) is 98.4 Å². The van der Waals surface area contributed by atoms with Crippen molar-refractivity contribution < 1.29 is 9.53 Å². The summed E-state index contributed by atoms with van der Waals surface area (Å²) in [5.41, 5.74) is 7.77. The standard InChI is InChI=1S/C20H28N4O3/c1-12(20(26)23-14-5-7-15(27-3)8-6-14)22-17-11-19(25)24(2)18-9-4-13(21)10-16(17)18/h4,9-12,14-15,22H,5-8,21H2,1-3H3,(H,23,26)/t12-,14?,15?/m1/s1. The van der Waals surface area contributed by atoms with Crippen molar-refractivity contribution in [1.82, 2.24) is 9.88 Å². The molecule has 1 fully saturated rings. The van der Waals surface area contributed by atoms with Crippen molar-refractivity contribution >= 4 is 28.2 Å². The first-order valence-electron chi connectivity index (χ1n) is 9.38. The number of nitrogens with two attached hydrogens (primary N) is 1. The van der Waals surface area contributed by atoms with Crippen molar-refractivity contribution in [3.8, 4) is 0 Å². The first kappa shape index (κ1) is 19.2. The number of carbonyl (C=O) groups excluding carboxylic acids is 1. The number of hydrogen-bond donors (Lipinski definition) is 3. The summed E-state index contributed by atoms with van der Waals surface area (Å²) in [6, 6.07) is 6.60. The van der Waals surface area contributed by atoms with Crippen molar-refractivity contribution in [3.05, 3.63) is 34.6 Å². The summed E-state index contributed by atoms with van der Waals surface area (Å²) >= 11 is 0. The number of nitrogen functional groups attached to an aromatic ring is 1. The SMILES string of the molecule is COC1CCC(NC(=O)[C@@H](C)Nc2cc(=O)n(C)c3ccc(N)cc23)CC1. The van der Waals surface area contributed by atoms with E-state index in [0.29, 0.717) is 17.5 Å². The normalized spacial score (nSPS) is 21.0.